The summed E-state index contributed by atoms with van der Waals surface area (Å²) >= 11 is 0. The lowest BCUT2D eigenvalue weighted by molar-refractivity contribution is -0.110. The van der Waals surface area contributed by atoms with Crippen LogP contribution in [0.2, 0.25) is 0 Å². The molecule has 0 heterocycles. The third kappa shape index (κ3) is 4.74. The van der Waals surface area contributed by atoms with Crippen LogP contribution < -0.4 is 16.6 Å². The second-order valence-electron chi connectivity index (χ2n) is 0.751. The molecule has 7 heavy (non-hydrogen) atoms. The number of nitrogens with one attached hydrogen (secondary N) is 2. The van der Waals surface area contributed by atoms with Crippen LogP contribution in [0.5, 0.6) is 0 Å². The molecule has 0 saturated heterocycles. The van der Waals surface area contributed by atoms with Crippen LogP contribution in [0, 0.1) is 0 Å². The van der Waals surface area contributed by atoms with Crippen molar-refractivity contribution in [1.82, 2.24) is 10.9 Å². The molecule has 5 heteroatoms. The Hall–Kier alpha value is -1.26. The fourth-order valence-electron chi connectivity index (χ4n) is 0.101. The van der Waals surface area contributed by atoms with Gasteiger partial charge in [0.15, 0.2) is 0 Å². The van der Waals surface area contributed by atoms with Crippen LogP contribution in [-0.2, 0) is 4.79 Å². The van der Waals surface area contributed by atoms with Gasteiger partial charge < -0.3 is 5.73 Å². The van der Waals surface area contributed by atoms with Gasteiger partial charge in [-0.05, 0) is 0 Å². The monoisotopic (exact) mass is 103 g/mol. The highest BCUT2D eigenvalue weighted by atomic mass is 16.2. The fourth-order valence-corrected chi connectivity index (χ4v) is 0.101. The molecule has 0 aliphatic carbocycles. The van der Waals surface area contributed by atoms with E-state index < -0.39 is 6.03 Å². The maximum Gasteiger partial charge on any atom is 0.330 e. The predicted molar refractivity (Wildman–Crippen MR) is 21.9 cm³/mol. The van der Waals surface area contributed by atoms with Crippen molar-refractivity contribution in [2.45, 2.75) is 0 Å². The van der Waals surface area contributed by atoms with E-state index >= 15 is 0 Å². The highest BCUT2D eigenvalue weighted by Crippen LogP contribution is 1.40. The highest BCUT2D eigenvalue weighted by Gasteiger charge is 1.81. The van der Waals surface area contributed by atoms with Crippen LogP contribution in [-0.4, -0.2) is 12.4 Å². The number of urea groups is 1. The topological polar surface area (TPSA) is 84.2 Å². The summed E-state index contributed by atoms with van der Waals surface area (Å²) in [4.78, 5) is 19.0. The Morgan fingerprint density at radius 1 is 1.71 bits per heavy atom. The summed E-state index contributed by atoms with van der Waals surface area (Å²) in [6, 6.07) is -0.785. The Bertz CT molecular complexity index is 81.0. The number of nitrogens with two attached hydrogens (primary N) is 1. The number of carbonyl (C=O) groups excluding carboxylic acids is 2. The molecule has 0 fully saturated rings. The van der Waals surface area contributed by atoms with Crippen molar-refractivity contribution in [2.75, 3.05) is 0 Å². The van der Waals surface area contributed by atoms with Gasteiger partial charge in [0.05, 0.1) is 0 Å². The molecule has 0 aromatic carbocycles. The maximum atomic E-state index is 9.65. The Morgan fingerprint density at radius 2 is 2.29 bits per heavy atom. The van der Waals surface area contributed by atoms with E-state index in [1.807, 2.05) is 10.9 Å². The minimum atomic E-state index is -0.785. The number of hydrazine groups is 1. The zero-order valence-electron chi connectivity index (χ0n) is 3.47. The number of amides is 3. The van der Waals surface area contributed by atoms with Crippen molar-refractivity contribution in [1.29, 1.82) is 0 Å². The fraction of sp³-hybridized carbons (Fsp3) is 0. The summed E-state index contributed by atoms with van der Waals surface area (Å²) in [7, 11) is 0. The van der Waals surface area contributed by atoms with Gasteiger partial charge in [-0.1, -0.05) is 0 Å². The summed E-state index contributed by atoms with van der Waals surface area (Å²) in [5, 5.41) is 0. The molecule has 0 aliphatic heterocycles. The summed E-state index contributed by atoms with van der Waals surface area (Å²) < 4.78 is 0. The number of hydrogen-bond acceptors (Lipinski definition) is 2. The molecule has 0 bridgehead atoms. The molecule has 0 unspecified atom stereocenters. The molecule has 3 amide bonds. The zero-order valence-corrected chi connectivity index (χ0v) is 3.47. The molecule has 40 valence electrons. The normalized spacial score (nSPS) is 6.86. The molecule has 0 atom stereocenters. The smallest absolute Gasteiger partial charge is 0.330 e. The van der Waals surface area contributed by atoms with Gasteiger partial charge >= 0.3 is 6.03 Å². The highest BCUT2D eigenvalue weighted by molar-refractivity contribution is 5.72. The Kier molecular flexibility index (Phi) is 2.42. The van der Waals surface area contributed by atoms with Crippen LogP contribution in [0.1, 0.15) is 0 Å². The quantitative estimate of drug-likeness (QED) is 0.288. The lowest BCUT2D eigenvalue weighted by Crippen LogP contribution is -2.39. The summed E-state index contributed by atoms with van der Waals surface area (Å²) in [5.74, 6) is 0. The van der Waals surface area contributed by atoms with E-state index in [-0.39, 0.29) is 0 Å². The lowest BCUT2D eigenvalue weighted by atomic mass is 11.1. The Balaban J connectivity index is 2.97. The number of primary amides is 1. The van der Waals surface area contributed by atoms with E-state index in [1.54, 1.807) is 0 Å². The number of carbonyl (C=O) groups is 2. The first-order valence-corrected chi connectivity index (χ1v) is 1.52. The van der Waals surface area contributed by atoms with Crippen molar-refractivity contribution in [3.05, 3.63) is 0 Å². The van der Waals surface area contributed by atoms with Crippen LogP contribution in [0.4, 0.5) is 4.79 Å². The predicted octanol–water partition coefficient (Wildman–Crippen LogP) is -1.68. The second kappa shape index (κ2) is 2.95. The largest absolute Gasteiger partial charge is 0.350 e. The summed E-state index contributed by atoms with van der Waals surface area (Å²) in [6.45, 7) is 0. The first-order chi connectivity index (χ1) is 3.27. The molecule has 0 rings (SSSR count). The van der Waals surface area contributed by atoms with Gasteiger partial charge in [0.2, 0.25) is 6.41 Å². The van der Waals surface area contributed by atoms with Crippen LogP contribution >= 0.6 is 0 Å². The van der Waals surface area contributed by atoms with Gasteiger partial charge in [-0.15, -0.1) is 0 Å². The standard InChI is InChI=1S/C2H5N3O2/c3-2(7)5-4-1-6/h1H,(H,4,6)(H3,3,5,7). The zero-order chi connectivity index (χ0) is 5.70. The second-order valence-corrected chi connectivity index (χ2v) is 0.751. The molecule has 5 nitrogen and oxygen atoms in total. The van der Waals surface area contributed by atoms with Gasteiger partial charge in [-0.2, -0.15) is 0 Å². The van der Waals surface area contributed by atoms with E-state index in [9.17, 15) is 9.59 Å². The molecule has 0 saturated carbocycles. The van der Waals surface area contributed by atoms with Gasteiger partial charge in [-0.25, -0.2) is 10.2 Å². The van der Waals surface area contributed by atoms with E-state index in [1.165, 1.54) is 0 Å². The van der Waals surface area contributed by atoms with Crippen molar-refractivity contribution in [3.8, 4) is 0 Å². The molecule has 0 aromatic heterocycles. The van der Waals surface area contributed by atoms with Gasteiger partial charge in [0, 0.05) is 0 Å². The molecule has 0 aromatic rings. The van der Waals surface area contributed by atoms with Crippen molar-refractivity contribution < 1.29 is 9.59 Å². The van der Waals surface area contributed by atoms with Crippen LogP contribution in [0.3, 0.4) is 0 Å². The SMILES string of the molecule is NC(=O)NNC=O. The lowest BCUT2D eigenvalue weighted by Gasteiger charge is -1.92. The molecule has 0 spiro atoms. The number of hydrogen-bond donors (Lipinski definition) is 3. The van der Waals surface area contributed by atoms with Gasteiger partial charge in [0.1, 0.15) is 0 Å². The van der Waals surface area contributed by atoms with Crippen LogP contribution in [0.15, 0.2) is 0 Å². The third-order valence-corrected chi connectivity index (χ3v) is 0.254. The summed E-state index contributed by atoms with van der Waals surface area (Å²) in [6.07, 6.45) is 0.310. The van der Waals surface area contributed by atoms with E-state index in [2.05, 4.69) is 5.73 Å². The number of rotatable bonds is 2. The first kappa shape index (κ1) is 5.74. The molecule has 4 N–H and O–H groups in total. The average Bonchev–Trinajstić information content (AvgIpc) is 1.61. The van der Waals surface area contributed by atoms with Crippen LogP contribution in [0.25, 0.3) is 0 Å². The van der Waals surface area contributed by atoms with E-state index in [4.69, 9.17) is 0 Å². The molecular weight excluding hydrogens is 98.0 g/mol. The van der Waals surface area contributed by atoms with Gasteiger partial charge in [0.25, 0.3) is 0 Å². The van der Waals surface area contributed by atoms with E-state index in [0.29, 0.717) is 6.41 Å². The molecular formula is C2H5N3O2. The minimum Gasteiger partial charge on any atom is -0.350 e. The summed E-state index contributed by atoms with van der Waals surface area (Å²) in [5.41, 5.74) is 8.17. The van der Waals surface area contributed by atoms with Gasteiger partial charge in [-0.3, -0.25) is 10.2 Å². The average molecular weight is 103 g/mol. The third-order valence-electron chi connectivity index (χ3n) is 0.254. The first-order valence-electron chi connectivity index (χ1n) is 1.52. The minimum absolute atomic E-state index is 0.310. The van der Waals surface area contributed by atoms with Crippen molar-refractivity contribution in [3.63, 3.8) is 0 Å². The maximum absolute atomic E-state index is 9.65. The Morgan fingerprint density at radius 3 is 2.43 bits per heavy atom. The molecule has 0 radical (unpaired) electrons. The molecule has 0 aliphatic rings. The van der Waals surface area contributed by atoms with E-state index in [0.717, 1.165) is 0 Å². The van der Waals surface area contributed by atoms with Crippen molar-refractivity contribution >= 4 is 12.4 Å². The van der Waals surface area contributed by atoms with Crippen molar-refractivity contribution in [2.24, 2.45) is 5.73 Å². The Labute approximate surface area is 39.8 Å².